The molecule has 3 atom stereocenters. The molecule has 3 nitrogen and oxygen atoms in total. The Morgan fingerprint density at radius 2 is 2.22 bits per heavy atom. The van der Waals surface area contributed by atoms with Gasteiger partial charge in [0, 0.05) is 6.61 Å². The van der Waals surface area contributed by atoms with Gasteiger partial charge in [-0.1, -0.05) is 19.8 Å². The lowest BCUT2D eigenvalue weighted by Crippen LogP contribution is -2.36. The van der Waals surface area contributed by atoms with Crippen LogP contribution in [0.2, 0.25) is 0 Å². The Bertz CT molecular complexity index is 283. The van der Waals surface area contributed by atoms with Crippen molar-refractivity contribution in [1.29, 1.82) is 0 Å². The van der Waals surface area contributed by atoms with Crippen LogP contribution in [0.25, 0.3) is 0 Å². The summed E-state index contributed by atoms with van der Waals surface area (Å²) in [6.45, 7) is 3.09. The summed E-state index contributed by atoms with van der Waals surface area (Å²) in [5.41, 5.74) is -0.434. The van der Waals surface area contributed by atoms with Crippen LogP contribution in [0.15, 0.2) is 0 Å². The number of carboxylic acids is 1. The Labute approximate surface area is 110 Å². The maximum absolute atomic E-state index is 11.6. The smallest absolute Gasteiger partial charge is 0.309 e. The molecule has 1 N–H and O–H groups in total. The molecule has 2 fully saturated rings. The van der Waals surface area contributed by atoms with E-state index in [2.05, 4.69) is 6.92 Å². The molecule has 18 heavy (non-hydrogen) atoms. The van der Waals surface area contributed by atoms with Gasteiger partial charge in [0.25, 0.3) is 0 Å². The topological polar surface area (TPSA) is 46.5 Å². The van der Waals surface area contributed by atoms with E-state index in [0.29, 0.717) is 12.0 Å². The first-order chi connectivity index (χ1) is 8.62. The fourth-order valence-electron chi connectivity index (χ4n) is 3.73. The van der Waals surface area contributed by atoms with E-state index >= 15 is 0 Å². The van der Waals surface area contributed by atoms with Crippen molar-refractivity contribution in [2.75, 3.05) is 6.61 Å². The summed E-state index contributed by atoms with van der Waals surface area (Å²) in [4.78, 5) is 11.6. The first kappa shape index (κ1) is 13.9. The van der Waals surface area contributed by atoms with Crippen molar-refractivity contribution >= 4 is 5.97 Å². The normalized spacial score (nSPS) is 36.7. The number of hydrogen-bond donors (Lipinski definition) is 1. The fraction of sp³-hybridized carbons (Fsp3) is 0.933. The van der Waals surface area contributed by atoms with Gasteiger partial charge in [-0.05, 0) is 50.9 Å². The van der Waals surface area contributed by atoms with Crippen LogP contribution < -0.4 is 0 Å². The second kappa shape index (κ2) is 6.05. The summed E-state index contributed by atoms with van der Waals surface area (Å²) in [6, 6.07) is 0. The first-order valence-electron chi connectivity index (χ1n) is 7.47. The Hall–Kier alpha value is -0.570. The lowest BCUT2D eigenvalue weighted by atomic mass is 9.67. The molecule has 0 aromatic heterocycles. The molecule has 3 unspecified atom stereocenters. The van der Waals surface area contributed by atoms with Gasteiger partial charge in [0.05, 0.1) is 11.5 Å². The summed E-state index contributed by atoms with van der Waals surface area (Å²) in [7, 11) is 0. The summed E-state index contributed by atoms with van der Waals surface area (Å²) in [6.07, 6.45) is 9.64. The number of carbonyl (C=O) groups is 1. The van der Waals surface area contributed by atoms with Crippen molar-refractivity contribution < 1.29 is 14.6 Å². The van der Waals surface area contributed by atoms with Crippen molar-refractivity contribution in [3.8, 4) is 0 Å². The van der Waals surface area contributed by atoms with Gasteiger partial charge in [-0.2, -0.15) is 0 Å². The Morgan fingerprint density at radius 1 is 1.39 bits per heavy atom. The van der Waals surface area contributed by atoms with E-state index < -0.39 is 11.4 Å². The fourth-order valence-corrected chi connectivity index (χ4v) is 3.73. The number of rotatable bonds is 5. The van der Waals surface area contributed by atoms with Gasteiger partial charge in [0.1, 0.15) is 0 Å². The number of carboxylic acid groups (broad SMARTS) is 1. The summed E-state index contributed by atoms with van der Waals surface area (Å²) >= 11 is 0. The van der Waals surface area contributed by atoms with Crippen LogP contribution in [0, 0.1) is 11.3 Å². The van der Waals surface area contributed by atoms with Crippen LogP contribution in [0.4, 0.5) is 0 Å². The third-order valence-electron chi connectivity index (χ3n) is 4.75. The molecule has 1 aliphatic carbocycles. The zero-order valence-corrected chi connectivity index (χ0v) is 11.5. The van der Waals surface area contributed by atoms with E-state index in [1.807, 2.05) is 0 Å². The first-order valence-corrected chi connectivity index (χ1v) is 7.47. The minimum Gasteiger partial charge on any atom is -0.481 e. The largest absolute Gasteiger partial charge is 0.481 e. The second-order valence-corrected chi connectivity index (χ2v) is 6.31. The number of aliphatic carboxylic acids is 1. The second-order valence-electron chi connectivity index (χ2n) is 6.31. The van der Waals surface area contributed by atoms with Crippen LogP contribution in [0.3, 0.4) is 0 Å². The van der Waals surface area contributed by atoms with E-state index in [9.17, 15) is 9.90 Å². The van der Waals surface area contributed by atoms with Gasteiger partial charge < -0.3 is 9.84 Å². The van der Waals surface area contributed by atoms with Crippen molar-refractivity contribution in [2.45, 2.75) is 70.8 Å². The molecule has 1 saturated carbocycles. The van der Waals surface area contributed by atoms with E-state index in [4.69, 9.17) is 4.74 Å². The average Bonchev–Trinajstić information content (AvgIpc) is 2.82. The molecule has 1 saturated heterocycles. The average molecular weight is 254 g/mol. The standard InChI is InChI=1S/C15H26O3/c1-12-5-2-8-15(11-12,14(16)17)9-3-6-13-7-4-10-18-13/h12-13H,2-11H2,1H3,(H,16,17). The van der Waals surface area contributed by atoms with Gasteiger partial charge in [-0.3, -0.25) is 4.79 Å². The maximum Gasteiger partial charge on any atom is 0.309 e. The van der Waals surface area contributed by atoms with Crippen molar-refractivity contribution in [1.82, 2.24) is 0 Å². The molecule has 3 heteroatoms. The lowest BCUT2D eigenvalue weighted by molar-refractivity contribution is -0.152. The monoisotopic (exact) mass is 254 g/mol. The summed E-state index contributed by atoms with van der Waals surface area (Å²) < 4.78 is 5.61. The molecule has 0 bridgehead atoms. The van der Waals surface area contributed by atoms with E-state index in [1.54, 1.807) is 0 Å². The molecule has 0 amide bonds. The highest BCUT2D eigenvalue weighted by Gasteiger charge is 2.41. The molecule has 104 valence electrons. The van der Waals surface area contributed by atoms with Crippen molar-refractivity contribution in [2.24, 2.45) is 11.3 Å². The van der Waals surface area contributed by atoms with E-state index in [-0.39, 0.29) is 0 Å². The molecule has 2 rings (SSSR count). The van der Waals surface area contributed by atoms with Gasteiger partial charge in [-0.15, -0.1) is 0 Å². The van der Waals surface area contributed by atoms with Gasteiger partial charge in [0.15, 0.2) is 0 Å². The maximum atomic E-state index is 11.6. The molecule has 0 aromatic carbocycles. The van der Waals surface area contributed by atoms with Gasteiger partial charge in [0.2, 0.25) is 0 Å². The van der Waals surface area contributed by atoms with Crippen molar-refractivity contribution in [3.63, 3.8) is 0 Å². The van der Waals surface area contributed by atoms with Crippen LogP contribution >= 0.6 is 0 Å². The minimum atomic E-state index is -0.568. The van der Waals surface area contributed by atoms with Crippen LogP contribution in [-0.2, 0) is 9.53 Å². The SMILES string of the molecule is CC1CCCC(CCCC2CCCO2)(C(=O)O)C1. The third kappa shape index (κ3) is 3.25. The van der Waals surface area contributed by atoms with Crippen molar-refractivity contribution in [3.05, 3.63) is 0 Å². The minimum absolute atomic E-state index is 0.400. The van der Waals surface area contributed by atoms with Crippen LogP contribution in [0.1, 0.15) is 64.7 Å². The van der Waals surface area contributed by atoms with E-state index in [0.717, 1.165) is 51.6 Å². The van der Waals surface area contributed by atoms with E-state index in [1.165, 1.54) is 12.8 Å². The third-order valence-corrected chi connectivity index (χ3v) is 4.75. The summed E-state index contributed by atoms with van der Waals surface area (Å²) in [5, 5.41) is 9.57. The zero-order valence-electron chi connectivity index (χ0n) is 11.5. The van der Waals surface area contributed by atoms with Gasteiger partial charge in [-0.25, -0.2) is 0 Å². The number of ether oxygens (including phenoxy) is 1. The molecular weight excluding hydrogens is 228 g/mol. The Balaban J connectivity index is 1.83. The molecule has 1 aliphatic heterocycles. The van der Waals surface area contributed by atoms with Crippen LogP contribution in [0.5, 0.6) is 0 Å². The predicted octanol–water partition coefficient (Wildman–Crippen LogP) is 3.62. The molecule has 0 aromatic rings. The molecular formula is C15H26O3. The Kier molecular flexibility index (Phi) is 4.66. The number of hydrogen-bond acceptors (Lipinski definition) is 2. The van der Waals surface area contributed by atoms with Crippen LogP contribution in [-0.4, -0.2) is 23.8 Å². The highest BCUT2D eigenvalue weighted by Crippen LogP contribution is 2.43. The quantitative estimate of drug-likeness (QED) is 0.815. The highest BCUT2D eigenvalue weighted by molar-refractivity contribution is 5.74. The zero-order chi connectivity index (χ0) is 13.0. The molecule has 0 radical (unpaired) electrons. The predicted molar refractivity (Wildman–Crippen MR) is 70.5 cm³/mol. The molecule has 2 aliphatic rings. The Morgan fingerprint density at radius 3 is 2.83 bits per heavy atom. The molecule has 1 heterocycles. The lowest BCUT2D eigenvalue weighted by Gasteiger charge is -2.36. The highest BCUT2D eigenvalue weighted by atomic mass is 16.5. The summed E-state index contributed by atoms with van der Waals surface area (Å²) in [5.74, 6) is -0.000953. The molecule has 0 spiro atoms. The van der Waals surface area contributed by atoms with Gasteiger partial charge >= 0.3 is 5.97 Å².